The number of hydrogen-bond donors (Lipinski definition) is 0. The van der Waals surface area contributed by atoms with E-state index in [9.17, 15) is 0 Å². The third-order valence-electron chi connectivity index (χ3n) is 2.76. The molecule has 2 atom stereocenters. The zero-order chi connectivity index (χ0) is 13.6. The minimum Gasteiger partial charge on any atom is -0.302 e. The van der Waals surface area contributed by atoms with E-state index in [4.69, 9.17) is 3.63 Å². The van der Waals surface area contributed by atoms with Gasteiger partial charge in [-0.15, -0.1) is 0 Å². The minimum absolute atomic E-state index is 0.292. The Morgan fingerprint density at radius 3 is 1.41 bits per heavy atom. The third-order valence-corrected chi connectivity index (χ3v) is 4.42. The predicted octanol–water partition coefficient (Wildman–Crippen LogP) is 3.23. The van der Waals surface area contributed by atoms with E-state index in [0.29, 0.717) is 12.1 Å². The first-order valence-corrected chi connectivity index (χ1v) is 6.97. The summed E-state index contributed by atoms with van der Waals surface area (Å²) in [7, 11) is 8.10. The van der Waals surface area contributed by atoms with Gasteiger partial charge in [0.1, 0.15) is 0 Å². The second kappa shape index (κ2) is 8.21. The predicted molar refractivity (Wildman–Crippen MR) is 80.8 cm³/mol. The van der Waals surface area contributed by atoms with Gasteiger partial charge in [0.25, 0.3) is 0 Å². The maximum Gasteiger partial charge on any atom is 0.0413 e. The quantitative estimate of drug-likeness (QED) is 0.631. The lowest BCUT2D eigenvalue weighted by atomic mass is 10.3. The van der Waals surface area contributed by atoms with Gasteiger partial charge in [0.15, 0.2) is 0 Å². The van der Waals surface area contributed by atoms with E-state index in [2.05, 4.69) is 36.8 Å². The number of rotatable bonds is 8. The zero-order valence-corrected chi connectivity index (χ0v) is 13.3. The Kier molecular flexibility index (Phi) is 8.24. The van der Waals surface area contributed by atoms with Crippen molar-refractivity contribution in [3.8, 4) is 0 Å². The molecule has 0 aliphatic carbocycles. The highest BCUT2D eigenvalue weighted by molar-refractivity contribution is 8.11. The van der Waals surface area contributed by atoms with Crippen molar-refractivity contribution >= 4 is 24.1 Å². The van der Waals surface area contributed by atoms with E-state index in [1.165, 1.54) is 24.1 Å². The molecule has 0 amide bonds. The molecule has 0 radical (unpaired) electrons. The summed E-state index contributed by atoms with van der Waals surface area (Å²) in [4.78, 5) is 6.18. The summed E-state index contributed by atoms with van der Waals surface area (Å²) in [5.41, 5.74) is 0. The Hall–Kier alpha value is 0.0600. The Balaban J connectivity index is 3.92. The second-order valence-electron chi connectivity index (χ2n) is 4.45. The number of nitrogens with zero attached hydrogens (tertiary/aromatic N) is 2. The van der Waals surface area contributed by atoms with E-state index in [-0.39, 0.29) is 0 Å². The Bertz CT molecular complexity index is 241. The van der Waals surface area contributed by atoms with Gasteiger partial charge in [0.05, 0.1) is 0 Å². The van der Waals surface area contributed by atoms with Crippen molar-refractivity contribution in [3.05, 3.63) is 23.0 Å². The van der Waals surface area contributed by atoms with Gasteiger partial charge >= 0.3 is 0 Å². The molecular formula is C12H24N2OS2. The second-order valence-corrected chi connectivity index (χ2v) is 6.37. The molecule has 5 heteroatoms. The summed E-state index contributed by atoms with van der Waals surface area (Å²) in [6, 6.07) is 0.584. The fraction of sp³-hybridized carbons (Fsp3) is 0.667. The van der Waals surface area contributed by atoms with Crippen molar-refractivity contribution in [2.45, 2.75) is 25.9 Å². The van der Waals surface area contributed by atoms with Crippen LogP contribution in [0.5, 0.6) is 0 Å². The molecule has 0 rings (SSSR count). The van der Waals surface area contributed by atoms with E-state index in [1.807, 2.05) is 28.2 Å². The summed E-state index contributed by atoms with van der Waals surface area (Å²) in [5.74, 6) is 0. The SMILES string of the molecule is C=C(SOSC(=C)C(C)N(C)C)C(C)N(C)C. The smallest absolute Gasteiger partial charge is 0.0413 e. The van der Waals surface area contributed by atoms with Crippen LogP contribution in [-0.2, 0) is 3.63 Å². The molecular weight excluding hydrogens is 252 g/mol. The van der Waals surface area contributed by atoms with Crippen LogP contribution < -0.4 is 0 Å². The van der Waals surface area contributed by atoms with Crippen LogP contribution in [0.4, 0.5) is 0 Å². The van der Waals surface area contributed by atoms with Gasteiger partial charge in [-0.2, -0.15) is 0 Å². The fourth-order valence-electron chi connectivity index (χ4n) is 0.820. The Morgan fingerprint density at radius 2 is 1.18 bits per heavy atom. The molecule has 0 N–H and O–H groups in total. The van der Waals surface area contributed by atoms with E-state index in [1.54, 1.807) is 0 Å². The van der Waals surface area contributed by atoms with Crippen LogP contribution in [0, 0.1) is 0 Å². The van der Waals surface area contributed by atoms with Gasteiger partial charge in [-0.25, -0.2) is 3.63 Å². The van der Waals surface area contributed by atoms with Crippen LogP contribution in [0.25, 0.3) is 0 Å². The highest BCUT2D eigenvalue weighted by Crippen LogP contribution is 2.31. The normalized spacial score (nSPS) is 15.1. The van der Waals surface area contributed by atoms with Crippen LogP contribution in [0.1, 0.15) is 13.8 Å². The van der Waals surface area contributed by atoms with Gasteiger partial charge in [0, 0.05) is 46.0 Å². The highest BCUT2D eigenvalue weighted by Gasteiger charge is 2.13. The largest absolute Gasteiger partial charge is 0.302 e. The summed E-state index contributed by atoms with van der Waals surface area (Å²) >= 11 is 2.64. The topological polar surface area (TPSA) is 15.7 Å². The van der Waals surface area contributed by atoms with Crippen molar-refractivity contribution < 1.29 is 3.63 Å². The first kappa shape index (κ1) is 17.1. The first-order chi connectivity index (χ1) is 7.77. The Morgan fingerprint density at radius 1 is 0.882 bits per heavy atom. The molecule has 0 spiro atoms. The van der Waals surface area contributed by atoms with Crippen molar-refractivity contribution in [3.63, 3.8) is 0 Å². The molecule has 0 aliphatic rings. The number of likely N-dealkylation sites (N-methyl/N-ethyl adjacent to an activating group) is 2. The fourth-order valence-corrected chi connectivity index (χ4v) is 2.36. The van der Waals surface area contributed by atoms with E-state index in [0.717, 1.165) is 9.81 Å². The zero-order valence-electron chi connectivity index (χ0n) is 11.7. The third kappa shape index (κ3) is 6.52. The average Bonchev–Trinajstić information content (AvgIpc) is 2.26. The molecule has 0 aromatic rings. The van der Waals surface area contributed by atoms with Crippen molar-refractivity contribution in [1.29, 1.82) is 0 Å². The standard InChI is InChI=1S/C12H24N2OS2/c1-9(13(5)6)11(3)16-15-17-12(4)10(2)14(7)8/h9-10H,3-4H2,1-2,5-8H3. The first-order valence-electron chi connectivity index (χ1n) is 5.49. The minimum atomic E-state index is 0.292. The van der Waals surface area contributed by atoms with E-state index >= 15 is 0 Å². The molecule has 0 fully saturated rings. The maximum absolute atomic E-state index is 5.48. The summed E-state index contributed by atoms with van der Waals surface area (Å²) in [5, 5.41) is 0. The molecule has 17 heavy (non-hydrogen) atoms. The molecule has 0 saturated carbocycles. The van der Waals surface area contributed by atoms with Crippen molar-refractivity contribution in [2.75, 3.05) is 28.2 Å². The van der Waals surface area contributed by atoms with Gasteiger partial charge < -0.3 is 9.80 Å². The molecule has 0 heterocycles. The number of hydrogen-bond acceptors (Lipinski definition) is 5. The van der Waals surface area contributed by atoms with Crippen molar-refractivity contribution in [2.24, 2.45) is 0 Å². The lowest BCUT2D eigenvalue weighted by Crippen LogP contribution is -2.25. The lowest BCUT2D eigenvalue weighted by molar-refractivity contribution is 0.359. The molecule has 0 aliphatic heterocycles. The Labute approximate surface area is 115 Å². The summed E-state index contributed by atoms with van der Waals surface area (Å²) in [6.45, 7) is 12.2. The monoisotopic (exact) mass is 276 g/mol. The molecule has 0 saturated heterocycles. The van der Waals surface area contributed by atoms with Gasteiger partial charge in [-0.1, -0.05) is 13.2 Å². The molecule has 0 aromatic heterocycles. The highest BCUT2D eigenvalue weighted by atomic mass is 32.2. The van der Waals surface area contributed by atoms with Gasteiger partial charge in [-0.3, -0.25) is 0 Å². The molecule has 3 nitrogen and oxygen atoms in total. The van der Waals surface area contributed by atoms with Crippen LogP contribution in [-0.4, -0.2) is 50.1 Å². The van der Waals surface area contributed by atoms with Crippen molar-refractivity contribution in [1.82, 2.24) is 9.80 Å². The molecule has 100 valence electrons. The maximum atomic E-state index is 5.48. The van der Waals surface area contributed by atoms with E-state index < -0.39 is 0 Å². The van der Waals surface area contributed by atoms with Crippen LogP contribution >= 0.6 is 24.1 Å². The summed E-state index contributed by atoms with van der Waals surface area (Å²) < 4.78 is 5.48. The van der Waals surface area contributed by atoms with Crippen LogP contribution in [0.3, 0.4) is 0 Å². The average molecular weight is 276 g/mol. The van der Waals surface area contributed by atoms with Crippen LogP contribution in [0.2, 0.25) is 0 Å². The lowest BCUT2D eigenvalue weighted by Gasteiger charge is -2.22. The molecule has 0 bridgehead atoms. The molecule has 0 aromatic carbocycles. The molecule has 2 unspecified atom stereocenters. The van der Waals surface area contributed by atoms with Crippen LogP contribution in [0.15, 0.2) is 23.0 Å². The summed E-state index contributed by atoms with van der Waals surface area (Å²) in [6.07, 6.45) is 0. The van der Waals surface area contributed by atoms with Gasteiger partial charge in [-0.05, 0) is 42.0 Å². The van der Waals surface area contributed by atoms with Gasteiger partial charge in [0.2, 0.25) is 0 Å².